The standard InChI is InChI=1S/C35H31N5O4/c1-35(2,3)44-34(42)38-21-26-12-11-22(20-37-26)33(41)40-24-15-13-23(14-16-24)39-25-17-18-36-30(19-25)29-9-6-8-28-27-7-4-5-10-31(27)43-32(28)29/h4-20H,21H2,1-3H3,(H,36,39)(H,38,42)(H,40,41). The molecule has 220 valence electrons. The number of ether oxygens (including phenoxy) is 1. The van der Waals surface area contributed by atoms with E-state index in [0.29, 0.717) is 16.9 Å². The maximum Gasteiger partial charge on any atom is 0.407 e. The predicted octanol–water partition coefficient (Wildman–Crippen LogP) is 8.06. The lowest BCUT2D eigenvalue weighted by atomic mass is 10.1. The molecule has 3 N–H and O–H groups in total. The molecule has 0 saturated heterocycles. The molecule has 6 rings (SSSR count). The zero-order valence-corrected chi connectivity index (χ0v) is 24.5. The van der Waals surface area contributed by atoms with Crippen molar-refractivity contribution in [2.45, 2.75) is 32.9 Å². The van der Waals surface area contributed by atoms with Gasteiger partial charge in [0.1, 0.15) is 16.8 Å². The topological polar surface area (TPSA) is 118 Å². The first-order chi connectivity index (χ1) is 21.2. The minimum absolute atomic E-state index is 0.194. The van der Waals surface area contributed by atoms with E-state index in [1.807, 2.05) is 66.7 Å². The number of nitrogens with one attached hydrogen (secondary N) is 3. The van der Waals surface area contributed by atoms with Crippen molar-refractivity contribution in [2.75, 3.05) is 10.6 Å². The number of carbonyl (C=O) groups is 2. The Hall–Kier alpha value is -5.70. The summed E-state index contributed by atoms with van der Waals surface area (Å²) in [6.45, 7) is 5.58. The number of alkyl carbamates (subject to hydrolysis) is 1. The largest absolute Gasteiger partial charge is 0.455 e. The van der Waals surface area contributed by atoms with Gasteiger partial charge in [-0.05, 0) is 81.4 Å². The Morgan fingerprint density at radius 3 is 2.36 bits per heavy atom. The van der Waals surface area contributed by atoms with Crippen molar-refractivity contribution in [3.05, 3.63) is 115 Å². The summed E-state index contributed by atoms with van der Waals surface area (Å²) in [5.41, 5.74) is 6.15. The molecule has 0 radical (unpaired) electrons. The first kappa shape index (κ1) is 28.4. The van der Waals surface area contributed by atoms with Crippen LogP contribution in [0.1, 0.15) is 36.8 Å². The zero-order valence-electron chi connectivity index (χ0n) is 24.5. The van der Waals surface area contributed by atoms with E-state index in [1.54, 1.807) is 39.1 Å². The highest BCUT2D eigenvalue weighted by atomic mass is 16.6. The van der Waals surface area contributed by atoms with Crippen molar-refractivity contribution in [3.8, 4) is 11.3 Å². The number of aromatic nitrogens is 2. The Morgan fingerprint density at radius 2 is 1.59 bits per heavy atom. The highest BCUT2D eigenvalue weighted by Gasteiger charge is 2.16. The fraction of sp³-hybridized carbons (Fsp3) is 0.143. The molecule has 44 heavy (non-hydrogen) atoms. The third-order valence-corrected chi connectivity index (χ3v) is 6.77. The second kappa shape index (κ2) is 11.9. The van der Waals surface area contributed by atoms with Gasteiger partial charge in [0.15, 0.2) is 0 Å². The molecular weight excluding hydrogens is 554 g/mol. The van der Waals surface area contributed by atoms with Gasteiger partial charge in [-0.25, -0.2) is 4.79 Å². The smallest absolute Gasteiger partial charge is 0.407 e. The monoisotopic (exact) mass is 585 g/mol. The third-order valence-electron chi connectivity index (χ3n) is 6.77. The number of fused-ring (bicyclic) bond motifs is 3. The Bertz CT molecular complexity index is 1960. The van der Waals surface area contributed by atoms with Gasteiger partial charge in [0.05, 0.1) is 23.5 Å². The summed E-state index contributed by atoms with van der Waals surface area (Å²) in [4.78, 5) is 33.5. The van der Waals surface area contributed by atoms with Crippen LogP contribution < -0.4 is 16.0 Å². The molecular formula is C35H31N5O4. The lowest BCUT2D eigenvalue weighted by Crippen LogP contribution is -2.32. The predicted molar refractivity (Wildman–Crippen MR) is 172 cm³/mol. The molecule has 0 bridgehead atoms. The Labute approximate surface area is 254 Å². The second-order valence-corrected chi connectivity index (χ2v) is 11.3. The summed E-state index contributed by atoms with van der Waals surface area (Å²) >= 11 is 0. The second-order valence-electron chi connectivity index (χ2n) is 11.3. The molecule has 3 aromatic heterocycles. The molecule has 6 aromatic rings. The number of benzene rings is 3. The van der Waals surface area contributed by atoms with Crippen LogP contribution in [0.25, 0.3) is 33.2 Å². The molecule has 3 heterocycles. The fourth-order valence-electron chi connectivity index (χ4n) is 4.75. The molecule has 2 amide bonds. The number of amides is 2. The molecule has 0 unspecified atom stereocenters. The van der Waals surface area contributed by atoms with Crippen molar-refractivity contribution in [3.63, 3.8) is 0 Å². The molecule has 3 aromatic carbocycles. The van der Waals surface area contributed by atoms with E-state index in [1.165, 1.54) is 6.20 Å². The van der Waals surface area contributed by atoms with E-state index in [-0.39, 0.29) is 12.5 Å². The van der Waals surface area contributed by atoms with Crippen LogP contribution in [0, 0.1) is 0 Å². The van der Waals surface area contributed by atoms with Crippen LogP contribution in [0.3, 0.4) is 0 Å². The average Bonchev–Trinajstić information content (AvgIpc) is 3.40. The van der Waals surface area contributed by atoms with E-state index in [9.17, 15) is 9.59 Å². The number of carbonyl (C=O) groups excluding carboxylic acids is 2. The SMILES string of the molecule is CC(C)(C)OC(=O)NCc1ccc(C(=O)Nc2ccc(Nc3ccnc(-c4cccc5c4oc4ccccc45)c3)cc2)cn1. The lowest BCUT2D eigenvalue weighted by molar-refractivity contribution is 0.0522. The molecule has 0 aliphatic heterocycles. The molecule has 0 atom stereocenters. The van der Waals surface area contributed by atoms with E-state index in [2.05, 4.69) is 38.1 Å². The van der Waals surface area contributed by atoms with Gasteiger partial charge >= 0.3 is 6.09 Å². The van der Waals surface area contributed by atoms with Gasteiger partial charge in [0.2, 0.25) is 0 Å². The van der Waals surface area contributed by atoms with E-state index >= 15 is 0 Å². The first-order valence-corrected chi connectivity index (χ1v) is 14.2. The third kappa shape index (κ3) is 6.52. The number of anilines is 3. The van der Waals surface area contributed by atoms with Gasteiger partial charge in [0, 0.05) is 45.8 Å². The van der Waals surface area contributed by atoms with Gasteiger partial charge < -0.3 is 25.1 Å². The van der Waals surface area contributed by atoms with Crippen LogP contribution in [0.4, 0.5) is 21.9 Å². The quantitative estimate of drug-likeness (QED) is 0.173. The number of hydrogen-bond donors (Lipinski definition) is 3. The van der Waals surface area contributed by atoms with Crippen molar-refractivity contribution in [1.82, 2.24) is 15.3 Å². The van der Waals surface area contributed by atoms with Crippen molar-refractivity contribution < 1.29 is 18.7 Å². The van der Waals surface area contributed by atoms with Gasteiger partial charge in [-0.15, -0.1) is 0 Å². The molecule has 9 heteroatoms. The number of hydrogen-bond acceptors (Lipinski definition) is 7. The summed E-state index contributed by atoms with van der Waals surface area (Å²) in [7, 11) is 0. The van der Waals surface area contributed by atoms with Gasteiger partial charge in [0.25, 0.3) is 5.91 Å². The number of nitrogens with zero attached hydrogens (tertiary/aromatic N) is 2. The van der Waals surface area contributed by atoms with Crippen LogP contribution in [0.2, 0.25) is 0 Å². The summed E-state index contributed by atoms with van der Waals surface area (Å²) in [5.74, 6) is -0.289. The molecule has 0 fully saturated rings. The average molecular weight is 586 g/mol. The molecule has 9 nitrogen and oxygen atoms in total. The van der Waals surface area contributed by atoms with Gasteiger partial charge in [-0.3, -0.25) is 14.8 Å². The Balaban J connectivity index is 1.08. The maximum absolute atomic E-state index is 12.8. The number of rotatable bonds is 7. The van der Waals surface area contributed by atoms with Gasteiger partial charge in [-0.1, -0.05) is 30.3 Å². The summed E-state index contributed by atoms with van der Waals surface area (Å²) in [6, 6.07) is 28.8. The van der Waals surface area contributed by atoms with Crippen LogP contribution in [-0.4, -0.2) is 27.6 Å². The molecule has 0 saturated carbocycles. The van der Waals surface area contributed by atoms with E-state index in [4.69, 9.17) is 9.15 Å². The Morgan fingerprint density at radius 1 is 0.818 bits per heavy atom. The van der Waals surface area contributed by atoms with Crippen molar-refractivity contribution in [1.29, 1.82) is 0 Å². The highest BCUT2D eigenvalue weighted by molar-refractivity contribution is 6.09. The van der Waals surface area contributed by atoms with Crippen LogP contribution in [-0.2, 0) is 11.3 Å². The zero-order chi connectivity index (χ0) is 30.7. The summed E-state index contributed by atoms with van der Waals surface area (Å²) in [6.07, 6.45) is 2.72. The lowest BCUT2D eigenvalue weighted by Gasteiger charge is -2.19. The Kier molecular flexibility index (Phi) is 7.68. The number of furan rings is 1. The minimum Gasteiger partial charge on any atom is -0.455 e. The van der Waals surface area contributed by atoms with Gasteiger partial charge in [-0.2, -0.15) is 0 Å². The summed E-state index contributed by atoms with van der Waals surface area (Å²) < 4.78 is 11.4. The molecule has 0 spiro atoms. The normalized spacial score (nSPS) is 11.3. The van der Waals surface area contributed by atoms with Crippen molar-refractivity contribution in [2.24, 2.45) is 0 Å². The maximum atomic E-state index is 12.8. The van der Waals surface area contributed by atoms with Crippen LogP contribution in [0.15, 0.2) is 108 Å². The highest BCUT2D eigenvalue weighted by Crippen LogP contribution is 2.35. The summed E-state index contributed by atoms with van der Waals surface area (Å²) in [5, 5.41) is 11.1. The molecule has 0 aliphatic carbocycles. The van der Waals surface area contributed by atoms with Crippen molar-refractivity contribution >= 4 is 51.0 Å². The van der Waals surface area contributed by atoms with Crippen LogP contribution >= 0.6 is 0 Å². The van der Waals surface area contributed by atoms with E-state index < -0.39 is 11.7 Å². The first-order valence-electron chi connectivity index (χ1n) is 14.2. The number of pyridine rings is 2. The fourth-order valence-corrected chi connectivity index (χ4v) is 4.75. The molecule has 0 aliphatic rings. The van der Waals surface area contributed by atoms with Crippen LogP contribution in [0.5, 0.6) is 0 Å². The van der Waals surface area contributed by atoms with E-state index in [0.717, 1.165) is 44.6 Å². The number of para-hydroxylation sites is 2. The minimum atomic E-state index is -0.581.